The van der Waals surface area contributed by atoms with Gasteiger partial charge in [-0.1, -0.05) is 12.1 Å². The second-order valence-electron chi connectivity index (χ2n) is 6.26. The van der Waals surface area contributed by atoms with Crippen LogP contribution in [0.15, 0.2) is 54.7 Å². The molecule has 0 atom stereocenters. The highest BCUT2D eigenvalue weighted by Gasteiger charge is 2.03. The summed E-state index contributed by atoms with van der Waals surface area (Å²) in [5, 5.41) is 14.5. The van der Waals surface area contributed by atoms with Crippen molar-refractivity contribution in [2.24, 2.45) is 0 Å². The van der Waals surface area contributed by atoms with E-state index in [1.807, 2.05) is 56.6 Å². The Balaban J connectivity index is 1.56. The molecule has 3 aromatic rings. The van der Waals surface area contributed by atoms with Crippen LogP contribution in [0.5, 0.6) is 5.75 Å². The average Bonchev–Trinajstić information content (AvgIpc) is 2.69. The van der Waals surface area contributed by atoms with Gasteiger partial charge in [-0.3, -0.25) is 0 Å². The number of nitrogens with zero attached hydrogens (tertiary/aromatic N) is 4. The predicted molar refractivity (Wildman–Crippen MR) is 109 cm³/mol. The maximum atomic E-state index is 5.25. The number of methoxy groups -OCH3 is 1. The molecule has 140 valence electrons. The second kappa shape index (κ2) is 8.84. The van der Waals surface area contributed by atoms with Gasteiger partial charge < -0.3 is 20.3 Å². The SMILES string of the molecule is COc1cccc(CCNc2nncc(Nc3ccc(N(C)C)cc3)n2)c1. The van der Waals surface area contributed by atoms with E-state index in [1.165, 1.54) is 5.56 Å². The Hall–Kier alpha value is -3.35. The lowest BCUT2D eigenvalue weighted by molar-refractivity contribution is 0.414. The molecule has 0 saturated carbocycles. The third-order valence-corrected chi connectivity index (χ3v) is 4.05. The molecule has 2 aromatic carbocycles. The number of hydrogen-bond donors (Lipinski definition) is 2. The first kappa shape index (κ1) is 18.4. The van der Waals surface area contributed by atoms with E-state index in [0.717, 1.165) is 23.5 Å². The van der Waals surface area contributed by atoms with Crippen LogP contribution >= 0.6 is 0 Å². The summed E-state index contributed by atoms with van der Waals surface area (Å²) < 4.78 is 5.25. The zero-order chi connectivity index (χ0) is 19.1. The zero-order valence-corrected chi connectivity index (χ0v) is 15.8. The van der Waals surface area contributed by atoms with Crippen LogP contribution in [0.4, 0.5) is 23.1 Å². The highest BCUT2D eigenvalue weighted by Crippen LogP contribution is 2.19. The second-order valence-corrected chi connectivity index (χ2v) is 6.26. The number of aromatic nitrogens is 3. The molecular weight excluding hydrogens is 340 g/mol. The van der Waals surface area contributed by atoms with Gasteiger partial charge in [0.2, 0.25) is 5.95 Å². The minimum atomic E-state index is 0.493. The fraction of sp³-hybridized carbons (Fsp3) is 0.250. The molecule has 27 heavy (non-hydrogen) atoms. The van der Waals surface area contributed by atoms with E-state index in [2.05, 4.69) is 36.8 Å². The summed E-state index contributed by atoms with van der Waals surface area (Å²) >= 11 is 0. The molecule has 7 heteroatoms. The van der Waals surface area contributed by atoms with Crippen molar-refractivity contribution in [3.05, 3.63) is 60.3 Å². The van der Waals surface area contributed by atoms with Crippen molar-refractivity contribution >= 4 is 23.1 Å². The number of nitrogens with one attached hydrogen (secondary N) is 2. The van der Waals surface area contributed by atoms with E-state index in [0.29, 0.717) is 18.3 Å². The Morgan fingerprint density at radius 3 is 2.63 bits per heavy atom. The van der Waals surface area contributed by atoms with Crippen molar-refractivity contribution in [2.75, 3.05) is 43.3 Å². The summed E-state index contributed by atoms with van der Waals surface area (Å²) in [6, 6.07) is 16.1. The average molecular weight is 364 g/mol. The molecule has 0 aliphatic heterocycles. The molecule has 1 aromatic heterocycles. The van der Waals surface area contributed by atoms with Gasteiger partial charge in [0.1, 0.15) is 5.75 Å². The van der Waals surface area contributed by atoms with Crippen molar-refractivity contribution in [3.8, 4) is 5.75 Å². The molecule has 7 nitrogen and oxygen atoms in total. The van der Waals surface area contributed by atoms with Gasteiger partial charge in [0.25, 0.3) is 0 Å². The Bertz CT molecular complexity index is 866. The van der Waals surface area contributed by atoms with Crippen molar-refractivity contribution < 1.29 is 4.74 Å². The zero-order valence-electron chi connectivity index (χ0n) is 15.8. The first-order valence-corrected chi connectivity index (χ1v) is 8.75. The van der Waals surface area contributed by atoms with Crippen LogP contribution in [0.25, 0.3) is 0 Å². The van der Waals surface area contributed by atoms with Gasteiger partial charge in [0.05, 0.1) is 13.3 Å². The highest BCUT2D eigenvalue weighted by atomic mass is 16.5. The Morgan fingerprint density at radius 2 is 1.89 bits per heavy atom. The van der Waals surface area contributed by atoms with Crippen LogP contribution in [0.2, 0.25) is 0 Å². The number of benzene rings is 2. The van der Waals surface area contributed by atoms with E-state index in [4.69, 9.17) is 4.74 Å². The molecular formula is C20H24N6O. The van der Waals surface area contributed by atoms with Crippen molar-refractivity contribution in [1.29, 1.82) is 0 Å². The number of rotatable bonds is 8. The third-order valence-electron chi connectivity index (χ3n) is 4.05. The monoisotopic (exact) mass is 364 g/mol. The van der Waals surface area contributed by atoms with Crippen LogP contribution in [0, 0.1) is 0 Å². The van der Waals surface area contributed by atoms with Crippen molar-refractivity contribution in [2.45, 2.75) is 6.42 Å². The molecule has 0 fully saturated rings. The maximum Gasteiger partial charge on any atom is 0.244 e. The Kier molecular flexibility index (Phi) is 6.04. The summed E-state index contributed by atoms with van der Waals surface area (Å²) in [5.41, 5.74) is 3.27. The van der Waals surface area contributed by atoms with Gasteiger partial charge >= 0.3 is 0 Å². The predicted octanol–water partition coefficient (Wildman–Crippen LogP) is 3.34. The lowest BCUT2D eigenvalue weighted by Gasteiger charge is -2.13. The third kappa shape index (κ3) is 5.31. The van der Waals surface area contributed by atoms with Gasteiger partial charge in [0.15, 0.2) is 5.82 Å². The number of ether oxygens (including phenoxy) is 1. The van der Waals surface area contributed by atoms with E-state index < -0.39 is 0 Å². The molecule has 1 heterocycles. The molecule has 0 amide bonds. The molecule has 0 aliphatic carbocycles. The van der Waals surface area contributed by atoms with E-state index in [-0.39, 0.29) is 0 Å². The van der Waals surface area contributed by atoms with Gasteiger partial charge in [-0.25, -0.2) is 0 Å². The quantitative estimate of drug-likeness (QED) is 0.635. The summed E-state index contributed by atoms with van der Waals surface area (Å²) in [4.78, 5) is 6.52. The van der Waals surface area contributed by atoms with Crippen molar-refractivity contribution in [3.63, 3.8) is 0 Å². The van der Waals surface area contributed by atoms with Crippen LogP contribution in [-0.4, -0.2) is 42.9 Å². The van der Waals surface area contributed by atoms with Crippen LogP contribution < -0.4 is 20.3 Å². The fourth-order valence-corrected chi connectivity index (χ4v) is 2.58. The van der Waals surface area contributed by atoms with Crippen LogP contribution in [0.3, 0.4) is 0 Å². The van der Waals surface area contributed by atoms with E-state index >= 15 is 0 Å². The molecule has 0 unspecified atom stereocenters. The van der Waals surface area contributed by atoms with Gasteiger partial charge in [-0.05, 0) is 48.4 Å². The molecule has 0 saturated heterocycles. The molecule has 0 aliphatic rings. The Labute approximate surface area is 159 Å². The summed E-state index contributed by atoms with van der Waals surface area (Å²) in [5.74, 6) is 2.00. The summed E-state index contributed by atoms with van der Waals surface area (Å²) in [6.07, 6.45) is 2.44. The van der Waals surface area contributed by atoms with E-state index in [9.17, 15) is 0 Å². The minimum Gasteiger partial charge on any atom is -0.497 e. The standard InChI is InChI=1S/C20H24N6O/c1-26(2)17-9-7-16(8-10-17)23-19-14-22-25-20(24-19)21-12-11-15-5-4-6-18(13-15)27-3/h4-10,13-14H,11-12H2,1-3H3,(H2,21,23,24,25). The van der Waals surface area contributed by atoms with E-state index in [1.54, 1.807) is 13.3 Å². The Morgan fingerprint density at radius 1 is 1.07 bits per heavy atom. The molecule has 0 radical (unpaired) electrons. The first-order valence-electron chi connectivity index (χ1n) is 8.75. The van der Waals surface area contributed by atoms with Crippen LogP contribution in [0.1, 0.15) is 5.56 Å². The fourth-order valence-electron chi connectivity index (χ4n) is 2.58. The maximum absolute atomic E-state index is 5.25. The lowest BCUT2D eigenvalue weighted by Crippen LogP contribution is -2.10. The summed E-state index contributed by atoms with van der Waals surface area (Å²) in [6.45, 7) is 0.704. The number of anilines is 4. The highest BCUT2D eigenvalue weighted by molar-refractivity contribution is 5.60. The van der Waals surface area contributed by atoms with Crippen molar-refractivity contribution in [1.82, 2.24) is 15.2 Å². The van der Waals surface area contributed by atoms with Gasteiger partial charge in [0, 0.05) is 32.0 Å². The summed E-state index contributed by atoms with van der Waals surface area (Å²) in [7, 11) is 5.70. The minimum absolute atomic E-state index is 0.493. The molecule has 2 N–H and O–H groups in total. The molecule has 0 spiro atoms. The van der Waals surface area contributed by atoms with Crippen LogP contribution in [-0.2, 0) is 6.42 Å². The van der Waals surface area contributed by atoms with Gasteiger partial charge in [-0.2, -0.15) is 10.1 Å². The number of hydrogen-bond acceptors (Lipinski definition) is 7. The smallest absolute Gasteiger partial charge is 0.244 e. The first-order chi connectivity index (χ1) is 13.1. The lowest BCUT2D eigenvalue weighted by atomic mass is 10.1. The molecule has 3 rings (SSSR count). The largest absolute Gasteiger partial charge is 0.497 e. The topological polar surface area (TPSA) is 75.2 Å². The molecule has 0 bridgehead atoms. The normalized spacial score (nSPS) is 10.3. The van der Waals surface area contributed by atoms with Gasteiger partial charge in [-0.15, -0.1) is 5.10 Å².